The third kappa shape index (κ3) is 3.14. The monoisotopic (exact) mass is 273 g/mol. The molecule has 0 aliphatic carbocycles. The van der Waals surface area contributed by atoms with E-state index in [-0.39, 0.29) is 0 Å². The van der Waals surface area contributed by atoms with Crippen LogP contribution in [-0.4, -0.2) is 35.7 Å². The van der Waals surface area contributed by atoms with Crippen molar-refractivity contribution >= 4 is 11.6 Å². The van der Waals surface area contributed by atoms with Crippen molar-refractivity contribution in [3.63, 3.8) is 0 Å². The lowest BCUT2D eigenvalue weighted by atomic mass is 10.2. The quantitative estimate of drug-likeness (QED) is 0.868. The molecule has 0 atom stereocenters. The Kier molecular flexibility index (Phi) is 4.70. The summed E-state index contributed by atoms with van der Waals surface area (Å²) in [5, 5.41) is 3.17. The van der Waals surface area contributed by atoms with Gasteiger partial charge in [-0.05, 0) is 18.6 Å². The third-order valence-corrected chi connectivity index (χ3v) is 2.84. The highest BCUT2D eigenvalue weighted by Crippen LogP contribution is 2.31. The Bertz CT molecular complexity index is 547. The van der Waals surface area contributed by atoms with Gasteiger partial charge in [-0.3, -0.25) is 4.98 Å². The van der Waals surface area contributed by atoms with Crippen molar-refractivity contribution < 1.29 is 4.74 Å². The molecule has 0 spiro atoms. The van der Waals surface area contributed by atoms with E-state index in [1.54, 1.807) is 13.3 Å². The molecule has 0 radical (unpaired) electrons. The van der Waals surface area contributed by atoms with Gasteiger partial charge in [0.15, 0.2) is 11.6 Å². The Labute approximate surface area is 118 Å². The maximum Gasteiger partial charge on any atom is 0.204 e. The van der Waals surface area contributed by atoms with Gasteiger partial charge < -0.3 is 15.0 Å². The lowest BCUT2D eigenvalue weighted by Crippen LogP contribution is -2.19. The van der Waals surface area contributed by atoms with E-state index in [2.05, 4.69) is 20.3 Å². The van der Waals surface area contributed by atoms with Gasteiger partial charge in [0.05, 0.1) is 7.11 Å². The van der Waals surface area contributed by atoms with Crippen LogP contribution < -0.4 is 15.0 Å². The van der Waals surface area contributed by atoms with Crippen LogP contribution in [-0.2, 0) is 6.54 Å². The first kappa shape index (κ1) is 14.0. The van der Waals surface area contributed by atoms with Crippen LogP contribution in [0.4, 0.5) is 11.6 Å². The van der Waals surface area contributed by atoms with Crippen molar-refractivity contribution in [2.24, 2.45) is 0 Å². The first-order chi connectivity index (χ1) is 9.76. The number of aromatic nitrogens is 3. The van der Waals surface area contributed by atoms with Crippen LogP contribution in [0.15, 0.2) is 30.9 Å². The summed E-state index contributed by atoms with van der Waals surface area (Å²) < 4.78 is 5.44. The molecule has 6 heteroatoms. The first-order valence-corrected chi connectivity index (χ1v) is 6.49. The predicted octanol–water partition coefficient (Wildman–Crippen LogP) is 1.95. The molecule has 0 aliphatic heterocycles. The molecule has 2 aromatic rings. The minimum atomic E-state index is 0.653. The zero-order valence-corrected chi connectivity index (χ0v) is 12.0. The highest BCUT2D eigenvalue weighted by atomic mass is 16.5. The van der Waals surface area contributed by atoms with Crippen LogP contribution in [0.1, 0.15) is 12.5 Å². The standard InChI is InChI=1S/C14H19N5O/c1-4-16-13-12(20-3)14(18-10-17-13)19(2)9-11-6-5-7-15-8-11/h5-8,10H,4,9H2,1-3H3,(H,16,17,18). The fourth-order valence-corrected chi connectivity index (χ4v) is 1.96. The Balaban J connectivity index is 2.25. The summed E-state index contributed by atoms with van der Waals surface area (Å²) in [6.45, 7) is 3.49. The van der Waals surface area contributed by atoms with E-state index in [1.807, 2.05) is 37.2 Å². The zero-order valence-electron chi connectivity index (χ0n) is 12.0. The molecule has 0 saturated carbocycles. The van der Waals surface area contributed by atoms with Gasteiger partial charge in [-0.1, -0.05) is 6.07 Å². The van der Waals surface area contributed by atoms with Crippen molar-refractivity contribution in [3.05, 3.63) is 36.4 Å². The predicted molar refractivity (Wildman–Crippen MR) is 79.1 cm³/mol. The number of nitrogens with one attached hydrogen (secondary N) is 1. The topological polar surface area (TPSA) is 63.2 Å². The summed E-state index contributed by atoms with van der Waals surface area (Å²) in [6, 6.07) is 3.95. The molecule has 2 rings (SSSR count). The Hall–Kier alpha value is -2.37. The second-order valence-electron chi connectivity index (χ2n) is 4.33. The molecule has 106 valence electrons. The highest BCUT2D eigenvalue weighted by Gasteiger charge is 2.15. The maximum atomic E-state index is 5.44. The summed E-state index contributed by atoms with van der Waals surface area (Å²) in [7, 11) is 3.59. The van der Waals surface area contributed by atoms with Crippen LogP contribution in [0.2, 0.25) is 0 Å². The summed E-state index contributed by atoms with van der Waals surface area (Å²) in [4.78, 5) is 14.7. The number of hydrogen-bond acceptors (Lipinski definition) is 6. The lowest BCUT2D eigenvalue weighted by Gasteiger charge is -2.21. The van der Waals surface area contributed by atoms with Crippen LogP contribution >= 0.6 is 0 Å². The normalized spacial score (nSPS) is 10.2. The molecular weight excluding hydrogens is 254 g/mol. The zero-order chi connectivity index (χ0) is 14.4. The number of anilines is 2. The van der Waals surface area contributed by atoms with Gasteiger partial charge in [-0.25, -0.2) is 9.97 Å². The molecular formula is C14H19N5O. The molecule has 0 saturated heterocycles. The van der Waals surface area contributed by atoms with Gasteiger partial charge in [0.2, 0.25) is 5.75 Å². The minimum Gasteiger partial charge on any atom is -0.490 e. The largest absolute Gasteiger partial charge is 0.490 e. The van der Waals surface area contributed by atoms with E-state index >= 15 is 0 Å². The second-order valence-corrected chi connectivity index (χ2v) is 4.33. The fourth-order valence-electron chi connectivity index (χ4n) is 1.96. The van der Waals surface area contributed by atoms with Crippen molar-refractivity contribution in [1.82, 2.24) is 15.0 Å². The molecule has 0 bridgehead atoms. The molecule has 0 unspecified atom stereocenters. The van der Waals surface area contributed by atoms with Gasteiger partial charge in [-0.15, -0.1) is 0 Å². The number of nitrogens with zero attached hydrogens (tertiary/aromatic N) is 4. The number of pyridine rings is 1. The number of rotatable bonds is 6. The molecule has 2 heterocycles. The SMILES string of the molecule is CCNc1ncnc(N(C)Cc2cccnc2)c1OC. The number of ether oxygens (including phenoxy) is 1. The second kappa shape index (κ2) is 6.70. The number of hydrogen-bond donors (Lipinski definition) is 1. The molecule has 6 nitrogen and oxygen atoms in total. The van der Waals surface area contributed by atoms with Gasteiger partial charge in [-0.2, -0.15) is 0 Å². The molecule has 2 aromatic heterocycles. The van der Waals surface area contributed by atoms with Gasteiger partial charge in [0.1, 0.15) is 6.33 Å². The van der Waals surface area contributed by atoms with Crippen molar-refractivity contribution in [1.29, 1.82) is 0 Å². The van der Waals surface area contributed by atoms with E-state index in [9.17, 15) is 0 Å². The van der Waals surface area contributed by atoms with Crippen molar-refractivity contribution in [2.75, 3.05) is 30.9 Å². The average Bonchev–Trinajstić information content (AvgIpc) is 2.48. The van der Waals surface area contributed by atoms with E-state index in [4.69, 9.17) is 4.74 Å². The summed E-state index contributed by atoms with van der Waals surface area (Å²) >= 11 is 0. The molecule has 1 N–H and O–H groups in total. The van der Waals surface area contributed by atoms with Gasteiger partial charge in [0, 0.05) is 32.5 Å². The lowest BCUT2D eigenvalue weighted by molar-refractivity contribution is 0.412. The summed E-state index contributed by atoms with van der Waals surface area (Å²) in [5.41, 5.74) is 1.11. The Morgan fingerprint density at radius 3 is 2.85 bits per heavy atom. The smallest absolute Gasteiger partial charge is 0.204 e. The molecule has 0 aromatic carbocycles. The number of methoxy groups -OCH3 is 1. The van der Waals surface area contributed by atoms with E-state index < -0.39 is 0 Å². The molecule has 20 heavy (non-hydrogen) atoms. The Morgan fingerprint density at radius 1 is 1.35 bits per heavy atom. The van der Waals surface area contributed by atoms with Crippen LogP contribution in [0.5, 0.6) is 5.75 Å². The van der Waals surface area contributed by atoms with Gasteiger partial charge >= 0.3 is 0 Å². The molecule has 0 aliphatic rings. The maximum absolute atomic E-state index is 5.44. The van der Waals surface area contributed by atoms with E-state index in [0.717, 1.165) is 17.9 Å². The molecule has 0 fully saturated rings. The van der Waals surface area contributed by atoms with Crippen molar-refractivity contribution in [2.45, 2.75) is 13.5 Å². The van der Waals surface area contributed by atoms with Crippen LogP contribution in [0.25, 0.3) is 0 Å². The van der Waals surface area contributed by atoms with E-state index in [1.165, 1.54) is 6.33 Å². The summed E-state index contributed by atoms with van der Waals surface area (Å²) in [5.74, 6) is 2.11. The third-order valence-electron chi connectivity index (χ3n) is 2.84. The fraction of sp³-hybridized carbons (Fsp3) is 0.357. The van der Waals surface area contributed by atoms with Crippen LogP contribution in [0.3, 0.4) is 0 Å². The first-order valence-electron chi connectivity index (χ1n) is 6.49. The van der Waals surface area contributed by atoms with E-state index in [0.29, 0.717) is 18.1 Å². The Morgan fingerprint density at radius 2 is 2.20 bits per heavy atom. The average molecular weight is 273 g/mol. The van der Waals surface area contributed by atoms with Crippen molar-refractivity contribution in [3.8, 4) is 5.75 Å². The van der Waals surface area contributed by atoms with Crippen LogP contribution in [0, 0.1) is 0 Å². The summed E-state index contributed by atoms with van der Waals surface area (Å²) in [6.07, 6.45) is 5.14. The van der Waals surface area contributed by atoms with Gasteiger partial charge in [0.25, 0.3) is 0 Å². The molecule has 0 amide bonds. The minimum absolute atomic E-state index is 0.653. The highest BCUT2D eigenvalue weighted by molar-refractivity contribution is 5.64.